The van der Waals surface area contributed by atoms with Gasteiger partial charge in [0.25, 0.3) is 11.8 Å². The summed E-state index contributed by atoms with van der Waals surface area (Å²) in [6.45, 7) is 0.447. The zero-order valence-corrected chi connectivity index (χ0v) is 20.8. The van der Waals surface area contributed by atoms with Crippen LogP contribution in [0.4, 0.5) is 4.39 Å². The van der Waals surface area contributed by atoms with E-state index < -0.39 is 28.9 Å². The van der Waals surface area contributed by atoms with Gasteiger partial charge in [0.15, 0.2) is 24.7 Å². The van der Waals surface area contributed by atoms with Crippen LogP contribution in [0.2, 0.25) is 5.02 Å². The number of rotatable bonds is 8. The minimum Gasteiger partial charge on any atom is -0.486 e. The Hall–Kier alpha value is -3.24. The number of hydrogen-bond donors (Lipinski definition) is 3. The molecule has 37 heavy (non-hydrogen) atoms. The van der Waals surface area contributed by atoms with Gasteiger partial charge in [-0.1, -0.05) is 11.6 Å². The molecule has 2 bridgehead atoms. The van der Waals surface area contributed by atoms with Gasteiger partial charge in [-0.3, -0.25) is 9.59 Å². The van der Waals surface area contributed by atoms with Gasteiger partial charge < -0.3 is 34.7 Å². The number of halogens is 2. The third-order valence-corrected chi connectivity index (χ3v) is 7.57. The molecule has 0 radical (unpaired) electrons. The maximum atomic E-state index is 13.6. The molecule has 0 aromatic heterocycles. The number of carbonyl (C=O) groups excluding carboxylic acids is 2. The van der Waals surface area contributed by atoms with E-state index in [0.29, 0.717) is 62.6 Å². The maximum Gasteiger partial charge on any atom is 0.258 e. The van der Waals surface area contributed by atoms with Gasteiger partial charge in [-0.25, -0.2) is 4.39 Å². The van der Waals surface area contributed by atoms with Gasteiger partial charge in [0.1, 0.15) is 30.5 Å². The molecular formula is C26H28ClFN2O7. The van der Waals surface area contributed by atoms with Crippen LogP contribution in [0, 0.1) is 5.82 Å². The minimum absolute atomic E-state index is 0.0336. The van der Waals surface area contributed by atoms with E-state index in [1.807, 2.05) is 0 Å². The highest BCUT2D eigenvalue weighted by Crippen LogP contribution is 2.47. The van der Waals surface area contributed by atoms with Gasteiger partial charge in [0, 0.05) is 17.7 Å². The topological polar surface area (TPSA) is 115 Å². The Balaban J connectivity index is 1.11. The normalized spacial score (nSPS) is 25.8. The summed E-state index contributed by atoms with van der Waals surface area (Å²) in [5.41, 5.74) is -1.35. The Morgan fingerprint density at radius 3 is 2.24 bits per heavy atom. The third kappa shape index (κ3) is 5.55. The van der Waals surface area contributed by atoms with Crippen LogP contribution in [0.1, 0.15) is 32.1 Å². The molecule has 2 aromatic rings. The van der Waals surface area contributed by atoms with Crippen molar-refractivity contribution in [3.05, 3.63) is 47.2 Å². The number of benzene rings is 2. The van der Waals surface area contributed by atoms with Crippen molar-refractivity contribution in [3.8, 4) is 23.0 Å². The summed E-state index contributed by atoms with van der Waals surface area (Å²) in [6, 6.07) is 9.08. The molecule has 9 nitrogen and oxygen atoms in total. The van der Waals surface area contributed by atoms with Crippen molar-refractivity contribution in [2.75, 3.05) is 26.4 Å². The first-order valence-corrected chi connectivity index (χ1v) is 12.5. The lowest BCUT2D eigenvalue weighted by molar-refractivity contribution is -0.137. The average molecular weight is 535 g/mol. The molecule has 1 atom stereocenters. The third-order valence-electron chi connectivity index (χ3n) is 7.26. The van der Waals surface area contributed by atoms with Crippen LogP contribution in [-0.2, 0) is 9.59 Å². The first-order chi connectivity index (χ1) is 17.8. The molecule has 4 aliphatic rings. The van der Waals surface area contributed by atoms with E-state index in [0.717, 1.165) is 6.07 Å². The second-order valence-corrected chi connectivity index (χ2v) is 10.1. The van der Waals surface area contributed by atoms with E-state index in [2.05, 4.69) is 10.6 Å². The van der Waals surface area contributed by atoms with Crippen LogP contribution in [0.15, 0.2) is 36.4 Å². The first kappa shape index (κ1) is 25.4. The molecule has 0 spiro atoms. The number of fused-ring (bicyclic) bond motifs is 4. The van der Waals surface area contributed by atoms with Crippen LogP contribution >= 0.6 is 11.6 Å². The molecule has 198 valence electrons. The number of ether oxygens (including phenoxy) is 4. The van der Waals surface area contributed by atoms with Crippen LogP contribution in [0.25, 0.3) is 0 Å². The van der Waals surface area contributed by atoms with E-state index >= 15 is 0 Å². The molecule has 0 unspecified atom stereocenters. The van der Waals surface area contributed by atoms with Crippen molar-refractivity contribution in [1.82, 2.24) is 10.6 Å². The molecule has 2 amide bonds. The first-order valence-electron chi connectivity index (χ1n) is 12.2. The molecule has 3 saturated carbocycles. The number of amides is 2. The average Bonchev–Trinajstić information content (AvgIpc) is 2.89. The lowest BCUT2D eigenvalue weighted by atomic mass is 9.60. The Labute approximate surface area is 218 Å². The van der Waals surface area contributed by atoms with Gasteiger partial charge in [0.2, 0.25) is 0 Å². The van der Waals surface area contributed by atoms with Crippen molar-refractivity contribution < 1.29 is 38.0 Å². The van der Waals surface area contributed by atoms with E-state index in [9.17, 15) is 19.1 Å². The summed E-state index contributed by atoms with van der Waals surface area (Å²) in [7, 11) is 0. The zero-order valence-electron chi connectivity index (χ0n) is 20.1. The van der Waals surface area contributed by atoms with Crippen LogP contribution in [0.5, 0.6) is 23.0 Å². The standard InChI is InChI=1S/C26H28ClFN2O7/c27-18-3-1-16(11-19(18)28)36-15-24(33)30-26-7-5-25(6-8-26,13-22(26)31)29-23(32)14-37-17-2-4-20-21(12-17)35-10-9-34-20/h1-4,11-12,22,31H,5-10,13-15H2,(H,29,32)(H,30,33)/t22-,25?,26?/m0/s1. The fourth-order valence-electron chi connectivity index (χ4n) is 5.29. The predicted molar refractivity (Wildman–Crippen MR) is 131 cm³/mol. The summed E-state index contributed by atoms with van der Waals surface area (Å²) in [5.74, 6) is 0.557. The lowest BCUT2D eigenvalue weighted by Gasteiger charge is -2.56. The molecule has 11 heteroatoms. The highest BCUT2D eigenvalue weighted by molar-refractivity contribution is 6.30. The molecule has 3 fully saturated rings. The van der Waals surface area contributed by atoms with Gasteiger partial charge >= 0.3 is 0 Å². The monoisotopic (exact) mass is 534 g/mol. The number of hydrogen-bond acceptors (Lipinski definition) is 7. The smallest absolute Gasteiger partial charge is 0.258 e. The number of nitrogens with one attached hydrogen (secondary N) is 2. The SMILES string of the molecule is O=C(COc1ccc2c(c1)OCCO2)NC12CCC(NC(=O)COc3ccc(Cl)c(F)c3)(CC1)[C@@H](O)C2. The number of aliphatic hydroxyl groups is 1. The quantitative estimate of drug-likeness (QED) is 0.477. The Morgan fingerprint density at radius 2 is 1.57 bits per heavy atom. The largest absolute Gasteiger partial charge is 0.486 e. The molecule has 2 aromatic carbocycles. The van der Waals surface area contributed by atoms with Crippen molar-refractivity contribution in [1.29, 1.82) is 0 Å². The molecule has 3 N–H and O–H groups in total. The van der Waals surface area contributed by atoms with Crippen molar-refractivity contribution in [2.24, 2.45) is 0 Å². The summed E-state index contributed by atoms with van der Waals surface area (Å²) in [6.07, 6.45) is 1.67. The van der Waals surface area contributed by atoms with Gasteiger partial charge in [-0.05, 0) is 56.4 Å². The lowest BCUT2D eigenvalue weighted by Crippen LogP contribution is -2.70. The van der Waals surface area contributed by atoms with Gasteiger partial charge in [-0.15, -0.1) is 0 Å². The second kappa shape index (κ2) is 10.3. The highest BCUT2D eigenvalue weighted by atomic mass is 35.5. The summed E-state index contributed by atoms with van der Waals surface area (Å²) < 4.78 is 35.6. The molecule has 6 rings (SSSR count). The number of aliphatic hydroxyl groups excluding tert-OH is 1. The molecule has 1 aliphatic heterocycles. The second-order valence-electron chi connectivity index (χ2n) is 9.71. The summed E-state index contributed by atoms with van der Waals surface area (Å²) in [4.78, 5) is 25.2. The van der Waals surface area contributed by atoms with Crippen LogP contribution in [-0.4, -0.2) is 60.5 Å². The van der Waals surface area contributed by atoms with Gasteiger partial charge in [0.05, 0.1) is 16.7 Å². The Morgan fingerprint density at radius 1 is 0.946 bits per heavy atom. The molecule has 3 aliphatic carbocycles. The van der Waals surface area contributed by atoms with Crippen LogP contribution < -0.4 is 29.6 Å². The maximum absolute atomic E-state index is 13.6. The van der Waals surface area contributed by atoms with Gasteiger partial charge in [-0.2, -0.15) is 0 Å². The van der Waals surface area contributed by atoms with Crippen LogP contribution in [0.3, 0.4) is 0 Å². The zero-order chi connectivity index (χ0) is 26.0. The fraction of sp³-hybridized carbons (Fsp3) is 0.462. The fourth-order valence-corrected chi connectivity index (χ4v) is 5.40. The summed E-state index contributed by atoms with van der Waals surface area (Å²) >= 11 is 5.66. The molecule has 1 heterocycles. The Bertz CT molecular complexity index is 1190. The van der Waals surface area contributed by atoms with Crippen molar-refractivity contribution in [2.45, 2.75) is 49.3 Å². The molecule has 0 saturated heterocycles. The van der Waals surface area contributed by atoms with E-state index in [1.54, 1.807) is 18.2 Å². The highest BCUT2D eigenvalue weighted by Gasteiger charge is 2.55. The van der Waals surface area contributed by atoms with E-state index in [1.165, 1.54) is 12.1 Å². The predicted octanol–water partition coefficient (Wildman–Crippen LogP) is 2.76. The Kier molecular flexibility index (Phi) is 7.04. The van der Waals surface area contributed by atoms with Crippen molar-refractivity contribution >= 4 is 23.4 Å². The summed E-state index contributed by atoms with van der Waals surface area (Å²) in [5, 5.41) is 16.8. The molecular weight excluding hydrogens is 507 g/mol. The van der Waals surface area contributed by atoms with E-state index in [4.69, 9.17) is 30.5 Å². The number of carbonyl (C=O) groups is 2. The van der Waals surface area contributed by atoms with E-state index in [-0.39, 0.29) is 29.9 Å². The van der Waals surface area contributed by atoms with Crippen molar-refractivity contribution in [3.63, 3.8) is 0 Å². The minimum atomic E-state index is -0.842.